The smallest absolute Gasteiger partial charge is 0.315 e. The van der Waals surface area contributed by atoms with Crippen LogP contribution in [0.4, 0.5) is 0 Å². The third-order valence-electron chi connectivity index (χ3n) is 4.52. The number of aromatic nitrogens is 1. The molecule has 0 bridgehead atoms. The molecule has 0 atom stereocenters. The molecule has 2 aromatic carbocycles. The Bertz CT molecular complexity index is 1140. The van der Waals surface area contributed by atoms with Crippen LogP contribution in [0, 0.1) is 0 Å². The van der Waals surface area contributed by atoms with Gasteiger partial charge in [0.25, 0.3) is 0 Å². The molecule has 0 radical (unpaired) electrons. The minimum absolute atomic E-state index is 0.272. The first-order chi connectivity index (χ1) is 12.6. The lowest BCUT2D eigenvalue weighted by atomic mass is 10.0. The van der Waals surface area contributed by atoms with Crippen molar-refractivity contribution in [2.45, 2.75) is 33.2 Å². The van der Waals surface area contributed by atoms with E-state index in [1.807, 2.05) is 24.3 Å². The number of benzene rings is 2. The summed E-state index contributed by atoms with van der Waals surface area (Å²) in [6.45, 7) is 7.18. The predicted molar refractivity (Wildman–Crippen MR) is 106 cm³/mol. The van der Waals surface area contributed by atoms with E-state index in [9.17, 15) is 4.79 Å². The molecular formula is C21H20N2O2S. The third kappa shape index (κ3) is 2.88. The van der Waals surface area contributed by atoms with Crippen molar-refractivity contribution in [3.63, 3.8) is 0 Å². The van der Waals surface area contributed by atoms with E-state index in [1.54, 1.807) is 17.4 Å². The summed E-state index contributed by atoms with van der Waals surface area (Å²) in [6.07, 6.45) is 0. The normalized spacial score (nSPS) is 12.5. The van der Waals surface area contributed by atoms with Gasteiger partial charge in [-0.05, 0) is 42.7 Å². The maximum Gasteiger partial charge on any atom is 0.315 e. The van der Waals surface area contributed by atoms with E-state index in [0.29, 0.717) is 16.3 Å². The minimum atomic E-state index is -0.348. The lowest BCUT2D eigenvalue weighted by molar-refractivity contribution is 0.0973. The van der Waals surface area contributed by atoms with Gasteiger partial charge in [0.05, 0.1) is 10.2 Å². The molecule has 0 saturated heterocycles. The Hall–Kier alpha value is -2.66. The van der Waals surface area contributed by atoms with Gasteiger partial charge in [-0.2, -0.15) is 4.99 Å². The summed E-state index contributed by atoms with van der Waals surface area (Å²) < 4.78 is 8.87. The molecule has 0 unspecified atom stereocenters. The molecule has 132 valence electrons. The van der Waals surface area contributed by atoms with Crippen LogP contribution in [0.5, 0.6) is 0 Å². The molecule has 0 aliphatic carbocycles. The molecule has 0 aliphatic rings. The van der Waals surface area contributed by atoms with Crippen molar-refractivity contribution in [3.05, 3.63) is 64.7 Å². The lowest BCUT2D eigenvalue weighted by Crippen LogP contribution is -2.15. The van der Waals surface area contributed by atoms with Crippen LogP contribution in [0.1, 0.15) is 42.8 Å². The second-order valence-corrected chi connectivity index (χ2v) is 7.59. The molecule has 0 saturated carbocycles. The van der Waals surface area contributed by atoms with Crippen LogP contribution >= 0.6 is 11.3 Å². The molecule has 4 nitrogen and oxygen atoms in total. The number of amides is 1. The highest BCUT2D eigenvalue weighted by molar-refractivity contribution is 7.16. The van der Waals surface area contributed by atoms with Crippen molar-refractivity contribution in [2.75, 3.05) is 0 Å². The molecule has 0 spiro atoms. The standard InChI is InChI=1S/C21H20N2O2S/c1-4-23-16-10-9-14(13(2)3)12-19(16)26-21(23)22-20(24)18-11-15-7-5-6-8-17(15)25-18/h5-13H,4H2,1-3H3. The van der Waals surface area contributed by atoms with Crippen LogP contribution in [0.15, 0.2) is 57.9 Å². The molecule has 4 aromatic rings. The predicted octanol–water partition coefficient (Wildman–Crippen LogP) is 5.33. The Morgan fingerprint density at radius 3 is 2.73 bits per heavy atom. The fourth-order valence-electron chi connectivity index (χ4n) is 3.07. The van der Waals surface area contributed by atoms with E-state index < -0.39 is 0 Å². The molecule has 0 aliphatic heterocycles. The van der Waals surface area contributed by atoms with E-state index >= 15 is 0 Å². The zero-order chi connectivity index (χ0) is 18.3. The van der Waals surface area contributed by atoms with Gasteiger partial charge in [0.15, 0.2) is 10.6 Å². The second kappa shape index (κ2) is 6.57. The van der Waals surface area contributed by atoms with Crippen molar-refractivity contribution in [1.29, 1.82) is 0 Å². The Morgan fingerprint density at radius 1 is 1.19 bits per heavy atom. The highest BCUT2D eigenvalue weighted by Gasteiger charge is 2.13. The van der Waals surface area contributed by atoms with Gasteiger partial charge in [-0.1, -0.05) is 49.4 Å². The molecule has 1 amide bonds. The highest BCUT2D eigenvalue weighted by Crippen LogP contribution is 2.24. The summed E-state index contributed by atoms with van der Waals surface area (Å²) >= 11 is 1.54. The van der Waals surface area contributed by atoms with Crippen molar-refractivity contribution >= 4 is 38.4 Å². The van der Waals surface area contributed by atoms with E-state index in [0.717, 1.165) is 22.1 Å². The number of rotatable bonds is 3. The monoisotopic (exact) mass is 364 g/mol. The van der Waals surface area contributed by atoms with Gasteiger partial charge in [-0.25, -0.2) is 0 Å². The van der Waals surface area contributed by atoms with Gasteiger partial charge in [0.2, 0.25) is 0 Å². The summed E-state index contributed by atoms with van der Waals surface area (Å²) in [5.41, 5.74) is 3.10. The van der Waals surface area contributed by atoms with Gasteiger partial charge >= 0.3 is 5.91 Å². The number of hydrogen-bond donors (Lipinski definition) is 0. The van der Waals surface area contributed by atoms with Gasteiger partial charge in [0.1, 0.15) is 5.58 Å². The number of nitrogens with zero attached hydrogens (tertiary/aromatic N) is 2. The van der Waals surface area contributed by atoms with Crippen molar-refractivity contribution in [2.24, 2.45) is 4.99 Å². The van der Waals surface area contributed by atoms with Gasteiger partial charge in [-0.3, -0.25) is 4.79 Å². The largest absolute Gasteiger partial charge is 0.451 e. The van der Waals surface area contributed by atoms with E-state index in [2.05, 4.69) is 48.5 Å². The first-order valence-corrected chi connectivity index (χ1v) is 9.59. The summed E-state index contributed by atoms with van der Waals surface area (Å²) in [4.78, 5) is 17.7. The summed E-state index contributed by atoms with van der Waals surface area (Å²) in [6, 6.07) is 15.8. The molecule has 4 rings (SSSR count). The molecular weight excluding hydrogens is 344 g/mol. The first kappa shape index (κ1) is 16.8. The Morgan fingerprint density at radius 2 is 2.00 bits per heavy atom. The number of para-hydroxylation sites is 1. The average molecular weight is 364 g/mol. The summed E-state index contributed by atoms with van der Waals surface area (Å²) in [5, 5.41) is 0.910. The van der Waals surface area contributed by atoms with E-state index in [-0.39, 0.29) is 11.7 Å². The van der Waals surface area contributed by atoms with Crippen LogP contribution < -0.4 is 4.80 Å². The number of aryl methyl sites for hydroxylation is 1. The van der Waals surface area contributed by atoms with Crippen LogP contribution in [-0.2, 0) is 6.54 Å². The fourth-order valence-corrected chi connectivity index (χ4v) is 4.21. The zero-order valence-corrected chi connectivity index (χ0v) is 15.8. The molecule has 2 aromatic heterocycles. The van der Waals surface area contributed by atoms with Crippen LogP contribution in [-0.4, -0.2) is 10.5 Å². The van der Waals surface area contributed by atoms with Crippen molar-refractivity contribution in [1.82, 2.24) is 4.57 Å². The van der Waals surface area contributed by atoms with Crippen LogP contribution in [0.25, 0.3) is 21.2 Å². The number of thiazole rings is 1. The third-order valence-corrected chi connectivity index (χ3v) is 5.56. The molecule has 0 N–H and O–H groups in total. The maximum atomic E-state index is 12.6. The second-order valence-electron chi connectivity index (χ2n) is 6.58. The molecule has 2 heterocycles. The number of furan rings is 1. The molecule has 5 heteroatoms. The van der Waals surface area contributed by atoms with Gasteiger partial charge < -0.3 is 8.98 Å². The van der Waals surface area contributed by atoms with Crippen LogP contribution in [0.2, 0.25) is 0 Å². The number of fused-ring (bicyclic) bond motifs is 2. The van der Waals surface area contributed by atoms with Crippen molar-refractivity contribution < 1.29 is 9.21 Å². The summed E-state index contributed by atoms with van der Waals surface area (Å²) in [7, 11) is 0. The quantitative estimate of drug-likeness (QED) is 0.493. The lowest BCUT2D eigenvalue weighted by Gasteiger charge is -2.05. The number of carbonyl (C=O) groups excluding carboxylic acids is 1. The van der Waals surface area contributed by atoms with Crippen molar-refractivity contribution in [3.8, 4) is 0 Å². The summed E-state index contributed by atoms with van der Waals surface area (Å²) in [5.74, 6) is 0.391. The Balaban J connectivity index is 1.82. The van der Waals surface area contributed by atoms with E-state index in [4.69, 9.17) is 4.42 Å². The van der Waals surface area contributed by atoms with Gasteiger partial charge in [-0.15, -0.1) is 0 Å². The van der Waals surface area contributed by atoms with Gasteiger partial charge in [0, 0.05) is 11.9 Å². The Labute approximate surface area is 155 Å². The molecule has 26 heavy (non-hydrogen) atoms. The topological polar surface area (TPSA) is 47.5 Å². The SMILES string of the molecule is CCn1c(=NC(=O)c2cc3ccccc3o2)sc2cc(C(C)C)ccc21. The fraction of sp³-hybridized carbons (Fsp3) is 0.238. The average Bonchev–Trinajstić information content (AvgIpc) is 3.21. The molecule has 0 fully saturated rings. The van der Waals surface area contributed by atoms with Crippen LogP contribution in [0.3, 0.4) is 0 Å². The Kier molecular flexibility index (Phi) is 4.24. The minimum Gasteiger partial charge on any atom is -0.451 e. The maximum absolute atomic E-state index is 12.6. The first-order valence-electron chi connectivity index (χ1n) is 8.77. The zero-order valence-electron chi connectivity index (χ0n) is 15.0. The number of hydrogen-bond acceptors (Lipinski definition) is 3. The van der Waals surface area contributed by atoms with E-state index in [1.165, 1.54) is 5.56 Å². The highest BCUT2D eigenvalue weighted by atomic mass is 32.1. The number of carbonyl (C=O) groups is 1.